The first-order valence-electron chi connectivity index (χ1n) is 7.00. The Bertz CT molecular complexity index is 208. The molecular weight excluding hydrogens is 192 g/mol. The predicted octanol–water partition coefficient (Wildman–Crippen LogP) is 5.83. The van der Waals surface area contributed by atoms with Crippen LogP contribution in [-0.4, -0.2) is 0 Å². The Morgan fingerprint density at radius 1 is 0.812 bits per heavy atom. The first kappa shape index (κ1) is 15.7. The van der Waals surface area contributed by atoms with Crippen molar-refractivity contribution in [3.05, 3.63) is 11.1 Å². The van der Waals surface area contributed by atoms with Gasteiger partial charge in [0, 0.05) is 0 Å². The lowest BCUT2D eigenvalue weighted by atomic mass is 9.91. The fraction of sp³-hybridized carbons (Fsp3) is 0.875. The summed E-state index contributed by atoms with van der Waals surface area (Å²) in [6.45, 7) is 16.2. The second kappa shape index (κ2) is 7.92. The van der Waals surface area contributed by atoms with E-state index in [1.54, 1.807) is 11.1 Å². The smallest absolute Gasteiger partial charge is 0.0260 e. The van der Waals surface area contributed by atoms with Gasteiger partial charge in [-0.3, -0.25) is 0 Å². The van der Waals surface area contributed by atoms with Gasteiger partial charge in [0.2, 0.25) is 0 Å². The summed E-state index contributed by atoms with van der Waals surface area (Å²) in [5.74, 6) is 2.46. The van der Waals surface area contributed by atoms with Gasteiger partial charge in [0.05, 0.1) is 0 Å². The normalized spacial score (nSPS) is 15.6. The summed E-state index contributed by atoms with van der Waals surface area (Å²) in [7, 11) is 0. The zero-order valence-corrected chi connectivity index (χ0v) is 12.6. The molecule has 96 valence electrons. The zero-order chi connectivity index (χ0) is 12.7. The lowest BCUT2D eigenvalue weighted by Crippen LogP contribution is -2.00. The van der Waals surface area contributed by atoms with Crippen molar-refractivity contribution in [2.45, 2.75) is 74.1 Å². The van der Waals surface area contributed by atoms with E-state index in [1.807, 2.05) is 0 Å². The van der Waals surface area contributed by atoms with E-state index in [0.29, 0.717) is 5.92 Å². The van der Waals surface area contributed by atoms with Crippen LogP contribution in [0.5, 0.6) is 0 Å². The standard InChI is InChI=1S/C16H32/c1-12(2)8-9-14(5)10-11-15(6)16(7)13(3)4/h12-14H,8-11H2,1-7H3. The lowest BCUT2D eigenvalue weighted by Gasteiger charge is -2.15. The topological polar surface area (TPSA) is 0 Å². The fourth-order valence-electron chi connectivity index (χ4n) is 1.92. The lowest BCUT2D eigenvalue weighted by molar-refractivity contribution is 0.427. The average Bonchev–Trinajstić information content (AvgIpc) is 2.21. The maximum Gasteiger partial charge on any atom is -0.0260 e. The predicted molar refractivity (Wildman–Crippen MR) is 75.7 cm³/mol. The highest BCUT2D eigenvalue weighted by molar-refractivity contribution is 5.11. The van der Waals surface area contributed by atoms with Crippen LogP contribution in [0.4, 0.5) is 0 Å². The SMILES string of the molecule is CC(CCC(C)CCC(C)C)=C(C)C(C)C. The van der Waals surface area contributed by atoms with Crippen molar-refractivity contribution in [3.8, 4) is 0 Å². The summed E-state index contributed by atoms with van der Waals surface area (Å²) in [6.07, 6.45) is 5.44. The molecule has 0 heterocycles. The van der Waals surface area contributed by atoms with E-state index in [4.69, 9.17) is 0 Å². The summed E-state index contributed by atoms with van der Waals surface area (Å²) >= 11 is 0. The molecule has 0 heteroatoms. The van der Waals surface area contributed by atoms with Gasteiger partial charge in [-0.25, -0.2) is 0 Å². The first-order valence-corrected chi connectivity index (χ1v) is 7.00. The van der Waals surface area contributed by atoms with Crippen LogP contribution in [0.2, 0.25) is 0 Å². The van der Waals surface area contributed by atoms with Gasteiger partial charge in [-0.1, -0.05) is 58.6 Å². The minimum absolute atomic E-state index is 0.714. The first-order chi connectivity index (χ1) is 7.34. The Labute approximate surface area is 104 Å². The van der Waals surface area contributed by atoms with Crippen molar-refractivity contribution in [1.29, 1.82) is 0 Å². The van der Waals surface area contributed by atoms with Gasteiger partial charge in [0.1, 0.15) is 0 Å². The molecule has 1 atom stereocenters. The van der Waals surface area contributed by atoms with Gasteiger partial charge in [0.15, 0.2) is 0 Å². The van der Waals surface area contributed by atoms with Gasteiger partial charge < -0.3 is 0 Å². The van der Waals surface area contributed by atoms with Crippen LogP contribution in [0.15, 0.2) is 11.1 Å². The minimum atomic E-state index is 0.714. The summed E-state index contributed by atoms with van der Waals surface area (Å²) in [5, 5.41) is 0. The summed E-state index contributed by atoms with van der Waals surface area (Å²) in [5.41, 5.74) is 3.21. The Kier molecular flexibility index (Phi) is 7.80. The van der Waals surface area contributed by atoms with Crippen molar-refractivity contribution in [2.75, 3.05) is 0 Å². The van der Waals surface area contributed by atoms with Gasteiger partial charge in [-0.2, -0.15) is 0 Å². The fourth-order valence-corrected chi connectivity index (χ4v) is 1.92. The number of hydrogen-bond donors (Lipinski definition) is 0. The maximum absolute atomic E-state index is 2.40. The molecule has 0 aromatic rings. The molecule has 1 unspecified atom stereocenters. The minimum Gasteiger partial charge on any atom is -0.0741 e. The van der Waals surface area contributed by atoms with Crippen LogP contribution < -0.4 is 0 Å². The van der Waals surface area contributed by atoms with Gasteiger partial charge in [0.25, 0.3) is 0 Å². The van der Waals surface area contributed by atoms with Crippen molar-refractivity contribution in [1.82, 2.24) is 0 Å². The highest BCUT2D eigenvalue weighted by Crippen LogP contribution is 2.22. The molecule has 0 radical (unpaired) electrons. The second-order valence-corrected chi connectivity index (χ2v) is 6.23. The Balaban J connectivity index is 3.91. The van der Waals surface area contributed by atoms with Crippen molar-refractivity contribution in [2.24, 2.45) is 17.8 Å². The molecule has 0 saturated carbocycles. The van der Waals surface area contributed by atoms with Crippen LogP contribution in [0, 0.1) is 17.8 Å². The second-order valence-electron chi connectivity index (χ2n) is 6.23. The van der Waals surface area contributed by atoms with E-state index in [1.165, 1.54) is 25.7 Å². The summed E-state index contributed by atoms with van der Waals surface area (Å²) in [4.78, 5) is 0. The van der Waals surface area contributed by atoms with Gasteiger partial charge in [-0.15, -0.1) is 0 Å². The maximum atomic E-state index is 2.40. The number of allylic oxidation sites excluding steroid dienone is 2. The molecule has 16 heavy (non-hydrogen) atoms. The molecule has 0 amide bonds. The van der Waals surface area contributed by atoms with E-state index in [0.717, 1.165) is 11.8 Å². The van der Waals surface area contributed by atoms with Gasteiger partial charge >= 0.3 is 0 Å². The largest absolute Gasteiger partial charge is 0.0741 e. The third-order valence-electron chi connectivity index (χ3n) is 3.79. The Morgan fingerprint density at radius 3 is 1.81 bits per heavy atom. The molecule has 0 fully saturated rings. The molecule has 0 aliphatic rings. The molecule has 0 aliphatic carbocycles. The summed E-state index contributed by atoms with van der Waals surface area (Å²) in [6, 6.07) is 0. The highest BCUT2D eigenvalue weighted by atomic mass is 14.1. The molecule has 0 aromatic carbocycles. The zero-order valence-electron chi connectivity index (χ0n) is 12.6. The molecule has 0 bridgehead atoms. The average molecular weight is 224 g/mol. The molecule has 0 aliphatic heterocycles. The molecule has 0 rings (SSSR count). The summed E-state index contributed by atoms with van der Waals surface area (Å²) < 4.78 is 0. The number of hydrogen-bond acceptors (Lipinski definition) is 0. The van der Waals surface area contributed by atoms with Gasteiger partial charge in [-0.05, 0) is 44.4 Å². The van der Waals surface area contributed by atoms with E-state index in [2.05, 4.69) is 48.5 Å². The van der Waals surface area contributed by atoms with Crippen molar-refractivity contribution < 1.29 is 0 Å². The van der Waals surface area contributed by atoms with E-state index < -0.39 is 0 Å². The third kappa shape index (κ3) is 7.09. The van der Waals surface area contributed by atoms with Crippen LogP contribution in [0.1, 0.15) is 74.1 Å². The van der Waals surface area contributed by atoms with Crippen molar-refractivity contribution in [3.63, 3.8) is 0 Å². The van der Waals surface area contributed by atoms with E-state index in [-0.39, 0.29) is 0 Å². The van der Waals surface area contributed by atoms with Crippen LogP contribution >= 0.6 is 0 Å². The Hall–Kier alpha value is -0.260. The van der Waals surface area contributed by atoms with Crippen LogP contribution in [0.3, 0.4) is 0 Å². The quantitative estimate of drug-likeness (QED) is 0.477. The molecule has 0 spiro atoms. The van der Waals surface area contributed by atoms with E-state index in [9.17, 15) is 0 Å². The molecular formula is C16H32. The molecule has 0 aromatic heterocycles. The van der Waals surface area contributed by atoms with Crippen molar-refractivity contribution >= 4 is 0 Å². The monoisotopic (exact) mass is 224 g/mol. The number of rotatable bonds is 7. The molecule has 0 saturated heterocycles. The third-order valence-corrected chi connectivity index (χ3v) is 3.79. The molecule has 0 N–H and O–H groups in total. The Morgan fingerprint density at radius 2 is 1.38 bits per heavy atom. The highest BCUT2D eigenvalue weighted by Gasteiger charge is 2.06. The van der Waals surface area contributed by atoms with E-state index >= 15 is 0 Å². The van der Waals surface area contributed by atoms with Crippen LogP contribution in [0.25, 0.3) is 0 Å². The molecule has 0 nitrogen and oxygen atoms in total. The van der Waals surface area contributed by atoms with Crippen LogP contribution in [-0.2, 0) is 0 Å².